The highest BCUT2D eigenvalue weighted by Crippen LogP contribution is 2.57. The minimum atomic E-state index is -1.07. The quantitative estimate of drug-likeness (QED) is 0.589. The number of rotatable bonds is 4. The minimum Gasteiger partial charge on any atom is -0.479 e. The highest BCUT2D eigenvalue weighted by atomic mass is 16.6. The zero-order chi connectivity index (χ0) is 12.6. The molecule has 0 aromatic rings. The van der Waals surface area contributed by atoms with Crippen molar-refractivity contribution < 1.29 is 19.5 Å². The van der Waals surface area contributed by atoms with Crippen molar-refractivity contribution in [3.63, 3.8) is 0 Å². The average Bonchev–Trinajstić information content (AvgIpc) is 2.22. The molecular weight excluding hydrogens is 222 g/mol. The number of nitrogens with zero attached hydrogens (tertiary/aromatic N) is 1. The van der Waals surface area contributed by atoms with Crippen LogP contribution in [-0.4, -0.2) is 29.7 Å². The van der Waals surface area contributed by atoms with Gasteiger partial charge in [0.05, 0.1) is 6.21 Å². The standard InChI is InChI=1S/C12H15NO4/c1-12(2)8-4-9(12)10(14)3-7(8)5-13-17-6-11(15)16/h3,5,8-9H,4,6H2,1-2H3,(H,15,16)/b13-5+. The van der Waals surface area contributed by atoms with Gasteiger partial charge in [0, 0.05) is 5.92 Å². The van der Waals surface area contributed by atoms with Gasteiger partial charge in [-0.05, 0) is 29.4 Å². The van der Waals surface area contributed by atoms with Gasteiger partial charge in [-0.2, -0.15) is 0 Å². The highest BCUT2D eigenvalue weighted by Gasteiger charge is 2.54. The van der Waals surface area contributed by atoms with Crippen LogP contribution in [-0.2, 0) is 14.4 Å². The first kappa shape index (κ1) is 11.8. The van der Waals surface area contributed by atoms with Crippen molar-refractivity contribution in [2.45, 2.75) is 20.3 Å². The molecule has 0 aliphatic heterocycles. The van der Waals surface area contributed by atoms with Gasteiger partial charge in [-0.25, -0.2) is 4.79 Å². The van der Waals surface area contributed by atoms with Gasteiger partial charge in [0.15, 0.2) is 5.78 Å². The molecule has 0 radical (unpaired) electrons. The summed E-state index contributed by atoms with van der Waals surface area (Å²) in [7, 11) is 0. The number of fused-ring (bicyclic) bond motifs is 1. The summed E-state index contributed by atoms with van der Waals surface area (Å²) in [6, 6.07) is 0. The fourth-order valence-electron chi connectivity index (χ4n) is 2.66. The zero-order valence-electron chi connectivity index (χ0n) is 9.84. The second kappa shape index (κ2) is 3.98. The Balaban J connectivity index is 2.02. The minimum absolute atomic E-state index is 0.0139. The number of carbonyl (C=O) groups excluding carboxylic acids is 1. The van der Waals surface area contributed by atoms with Crippen LogP contribution in [0.25, 0.3) is 0 Å². The van der Waals surface area contributed by atoms with Crippen LogP contribution in [0.2, 0.25) is 0 Å². The maximum atomic E-state index is 11.7. The van der Waals surface area contributed by atoms with Gasteiger partial charge in [-0.15, -0.1) is 0 Å². The van der Waals surface area contributed by atoms with E-state index in [1.54, 1.807) is 6.08 Å². The lowest BCUT2D eigenvalue weighted by atomic mass is 9.48. The third-order valence-corrected chi connectivity index (χ3v) is 3.79. The Hall–Kier alpha value is -1.65. The van der Waals surface area contributed by atoms with Crippen LogP contribution in [0.4, 0.5) is 0 Å². The summed E-state index contributed by atoms with van der Waals surface area (Å²) >= 11 is 0. The van der Waals surface area contributed by atoms with Crippen molar-refractivity contribution in [3.8, 4) is 0 Å². The summed E-state index contributed by atoms with van der Waals surface area (Å²) in [5, 5.41) is 12.0. The topological polar surface area (TPSA) is 76.0 Å². The fourth-order valence-corrected chi connectivity index (χ4v) is 2.66. The van der Waals surface area contributed by atoms with E-state index in [4.69, 9.17) is 5.11 Å². The molecule has 1 fully saturated rings. The Kier molecular flexibility index (Phi) is 2.77. The average molecular weight is 237 g/mol. The molecule has 1 saturated carbocycles. The van der Waals surface area contributed by atoms with E-state index in [0.717, 1.165) is 12.0 Å². The van der Waals surface area contributed by atoms with E-state index in [2.05, 4.69) is 23.8 Å². The summed E-state index contributed by atoms with van der Waals surface area (Å²) in [5.41, 5.74) is 0.827. The molecular formula is C12H15NO4. The third-order valence-electron chi connectivity index (χ3n) is 3.79. The predicted molar refractivity (Wildman–Crippen MR) is 60.5 cm³/mol. The lowest BCUT2D eigenvalue weighted by Crippen LogP contribution is -2.52. The van der Waals surface area contributed by atoms with E-state index < -0.39 is 12.6 Å². The van der Waals surface area contributed by atoms with Crippen molar-refractivity contribution in [2.24, 2.45) is 22.4 Å². The number of oxime groups is 1. The molecule has 3 aliphatic rings. The maximum Gasteiger partial charge on any atom is 0.344 e. The van der Waals surface area contributed by atoms with Crippen molar-refractivity contribution in [2.75, 3.05) is 6.61 Å². The fraction of sp³-hybridized carbons (Fsp3) is 0.583. The Morgan fingerprint density at radius 1 is 1.65 bits per heavy atom. The number of carboxylic acids is 1. The number of ketones is 1. The van der Waals surface area contributed by atoms with Crippen LogP contribution >= 0.6 is 0 Å². The number of hydrogen-bond acceptors (Lipinski definition) is 4. The first-order valence-corrected chi connectivity index (χ1v) is 5.55. The van der Waals surface area contributed by atoms with Gasteiger partial charge in [-0.3, -0.25) is 4.79 Å². The van der Waals surface area contributed by atoms with Gasteiger partial charge in [0.2, 0.25) is 6.61 Å². The molecule has 5 nitrogen and oxygen atoms in total. The Morgan fingerprint density at radius 2 is 2.35 bits per heavy atom. The van der Waals surface area contributed by atoms with Crippen LogP contribution in [0.5, 0.6) is 0 Å². The monoisotopic (exact) mass is 237 g/mol. The van der Waals surface area contributed by atoms with Crippen LogP contribution in [0.15, 0.2) is 16.8 Å². The lowest BCUT2D eigenvalue weighted by molar-refractivity contribution is -0.142. The first-order valence-electron chi connectivity index (χ1n) is 5.55. The normalized spacial score (nSPS) is 29.8. The molecule has 0 spiro atoms. The molecule has 0 saturated heterocycles. The van der Waals surface area contributed by atoms with Crippen molar-refractivity contribution >= 4 is 18.0 Å². The summed E-state index contributed by atoms with van der Waals surface area (Å²) in [4.78, 5) is 26.5. The predicted octanol–water partition coefficient (Wildman–Crippen LogP) is 1.24. The number of carbonyl (C=O) groups is 2. The summed E-state index contributed by atoms with van der Waals surface area (Å²) in [6.45, 7) is 3.68. The van der Waals surface area contributed by atoms with Gasteiger partial charge in [-0.1, -0.05) is 19.0 Å². The summed E-state index contributed by atoms with van der Waals surface area (Å²) < 4.78 is 0. The molecule has 2 unspecified atom stereocenters. The molecule has 0 heterocycles. The molecule has 17 heavy (non-hydrogen) atoms. The van der Waals surface area contributed by atoms with E-state index >= 15 is 0 Å². The second-order valence-corrected chi connectivity index (χ2v) is 5.11. The molecule has 2 atom stereocenters. The Bertz CT molecular complexity index is 422. The molecule has 5 heteroatoms. The van der Waals surface area contributed by atoms with Crippen LogP contribution in [0.3, 0.4) is 0 Å². The molecule has 3 aliphatic carbocycles. The van der Waals surface area contributed by atoms with Crippen LogP contribution in [0, 0.1) is 17.3 Å². The molecule has 3 rings (SSSR count). The Morgan fingerprint density at radius 3 is 2.88 bits per heavy atom. The molecule has 0 amide bonds. The van der Waals surface area contributed by atoms with Gasteiger partial charge in [0.25, 0.3) is 0 Å². The number of carboxylic acid groups (broad SMARTS) is 1. The lowest BCUT2D eigenvalue weighted by Gasteiger charge is -2.54. The number of hydrogen-bond donors (Lipinski definition) is 1. The summed E-state index contributed by atoms with van der Waals surface area (Å²) in [5.74, 6) is -0.482. The SMILES string of the molecule is CC1(C)C2CC1C(/C=N/OCC(=O)O)=CC2=O. The highest BCUT2D eigenvalue weighted by molar-refractivity contribution is 6.01. The maximum absolute atomic E-state index is 11.7. The van der Waals surface area contributed by atoms with Gasteiger partial charge in [0.1, 0.15) is 0 Å². The largest absolute Gasteiger partial charge is 0.479 e. The molecule has 2 bridgehead atoms. The van der Waals surface area contributed by atoms with Crippen molar-refractivity contribution in [1.82, 2.24) is 0 Å². The van der Waals surface area contributed by atoms with E-state index in [0.29, 0.717) is 5.92 Å². The van der Waals surface area contributed by atoms with E-state index in [-0.39, 0.29) is 17.1 Å². The van der Waals surface area contributed by atoms with Crippen LogP contribution in [0.1, 0.15) is 20.3 Å². The molecule has 92 valence electrons. The molecule has 0 aromatic heterocycles. The summed E-state index contributed by atoms with van der Waals surface area (Å²) in [6.07, 6.45) is 3.92. The van der Waals surface area contributed by atoms with Gasteiger partial charge < -0.3 is 9.94 Å². The van der Waals surface area contributed by atoms with Gasteiger partial charge >= 0.3 is 5.97 Å². The van der Waals surface area contributed by atoms with E-state index in [1.165, 1.54) is 6.21 Å². The smallest absolute Gasteiger partial charge is 0.344 e. The molecule has 0 aromatic carbocycles. The Labute approximate surface area is 99.1 Å². The van der Waals surface area contributed by atoms with Crippen molar-refractivity contribution in [3.05, 3.63) is 11.6 Å². The van der Waals surface area contributed by atoms with E-state index in [9.17, 15) is 9.59 Å². The van der Waals surface area contributed by atoms with Crippen molar-refractivity contribution in [1.29, 1.82) is 0 Å². The second-order valence-electron chi connectivity index (χ2n) is 5.11. The first-order chi connectivity index (χ1) is 7.93. The number of allylic oxidation sites excluding steroid dienone is 2. The van der Waals surface area contributed by atoms with Crippen LogP contribution < -0.4 is 0 Å². The number of aliphatic carboxylic acids is 1. The third kappa shape index (κ3) is 1.97. The molecule has 1 N–H and O–H groups in total. The zero-order valence-corrected chi connectivity index (χ0v) is 9.84. The van der Waals surface area contributed by atoms with E-state index in [1.807, 2.05) is 0 Å².